The summed E-state index contributed by atoms with van der Waals surface area (Å²) in [5.74, 6) is -0.734. The number of hydrogen-bond donors (Lipinski definition) is 1. The van der Waals surface area contributed by atoms with E-state index in [0.717, 1.165) is 4.70 Å². The predicted octanol–water partition coefficient (Wildman–Crippen LogP) is 5.10. The highest BCUT2D eigenvalue weighted by molar-refractivity contribution is 7.22. The van der Waals surface area contributed by atoms with Crippen molar-refractivity contribution in [1.29, 1.82) is 0 Å². The summed E-state index contributed by atoms with van der Waals surface area (Å²) in [6.45, 7) is 0. The zero-order valence-corrected chi connectivity index (χ0v) is 19.2. The first-order valence-corrected chi connectivity index (χ1v) is 11.3. The van der Waals surface area contributed by atoms with Crippen LogP contribution >= 0.6 is 11.3 Å². The second kappa shape index (κ2) is 8.64. The lowest BCUT2D eigenvalue weighted by atomic mass is 9.92. The molecule has 3 aromatic carbocycles. The number of benzene rings is 3. The van der Waals surface area contributed by atoms with Crippen molar-refractivity contribution in [3.05, 3.63) is 95.3 Å². The zero-order chi connectivity index (χ0) is 23.8. The maximum atomic E-state index is 13.7. The summed E-state index contributed by atoms with van der Waals surface area (Å²) in [4.78, 5) is 33.1. The number of para-hydroxylation sites is 1. The third kappa shape index (κ3) is 3.48. The maximum absolute atomic E-state index is 13.7. The second-order valence-electron chi connectivity index (χ2n) is 7.61. The van der Waals surface area contributed by atoms with E-state index in [1.165, 1.54) is 23.3 Å². The van der Waals surface area contributed by atoms with Crippen molar-refractivity contribution in [3.8, 4) is 11.5 Å². The van der Waals surface area contributed by atoms with Gasteiger partial charge in [0.05, 0.1) is 41.6 Å². The molecule has 1 aliphatic heterocycles. The summed E-state index contributed by atoms with van der Waals surface area (Å²) in [6.07, 6.45) is 0. The number of aromatic nitrogens is 1. The second-order valence-corrected chi connectivity index (χ2v) is 8.62. The highest BCUT2D eigenvalue weighted by Crippen LogP contribution is 2.45. The number of rotatable bonds is 6. The predicted molar refractivity (Wildman–Crippen MR) is 130 cm³/mol. The number of nitrogens with zero attached hydrogens (tertiary/aromatic N) is 2. The van der Waals surface area contributed by atoms with Gasteiger partial charge in [-0.3, -0.25) is 14.5 Å². The van der Waals surface area contributed by atoms with Gasteiger partial charge in [0.1, 0.15) is 11.5 Å². The molecule has 0 saturated carbocycles. The molecule has 7 nitrogen and oxygen atoms in total. The third-order valence-corrected chi connectivity index (χ3v) is 6.73. The Hall–Kier alpha value is -4.17. The number of carbonyl (C=O) groups is 2. The number of aliphatic hydroxyl groups excluding tert-OH is 1. The lowest BCUT2D eigenvalue weighted by molar-refractivity contribution is -0.117. The van der Waals surface area contributed by atoms with Gasteiger partial charge in [-0.05, 0) is 35.9 Å². The van der Waals surface area contributed by atoms with E-state index in [4.69, 9.17) is 9.47 Å². The quantitative estimate of drug-likeness (QED) is 0.393. The fourth-order valence-electron chi connectivity index (χ4n) is 4.09. The third-order valence-electron chi connectivity index (χ3n) is 5.71. The SMILES string of the molecule is COc1ccc2nc(N3C(=O)C(O)=C(C(=O)c4ccccc4OC)C3c3ccccc3)sc2c1. The van der Waals surface area contributed by atoms with Crippen molar-refractivity contribution < 1.29 is 24.2 Å². The van der Waals surface area contributed by atoms with Gasteiger partial charge in [0, 0.05) is 0 Å². The molecule has 0 spiro atoms. The van der Waals surface area contributed by atoms with Crippen LogP contribution in [0.5, 0.6) is 11.5 Å². The Balaban J connectivity index is 1.67. The Kier molecular flexibility index (Phi) is 5.51. The van der Waals surface area contributed by atoms with Crippen molar-refractivity contribution in [3.63, 3.8) is 0 Å². The Morgan fingerprint density at radius 1 is 1.00 bits per heavy atom. The number of Topliss-reactive ketones (excluding diaryl/α,β-unsaturated/α-hetero) is 1. The van der Waals surface area contributed by atoms with Crippen LogP contribution in [0.15, 0.2) is 84.1 Å². The Labute approximate surface area is 199 Å². The molecular weight excluding hydrogens is 452 g/mol. The molecule has 5 rings (SSSR count). The topological polar surface area (TPSA) is 89.0 Å². The first kappa shape index (κ1) is 21.7. The molecule has 1 amide bonds. The number of anilines is 1. The molecule has 1 aromatic heterocycles. The van der Waals surface area contributed by atoms with Gasteiger partial charge in [0.15, 0.2) is 16.7 Å². The number of fused-ring (bicyclic) bond motifs is 1. The lowest BCUT2D eigenvalue weighted by Crippen LogP contribution is -2.31. The fraction of sp³-hybridized carbons (Fsp3) is 0.115. The summed E-state index contributed by atoms with van der Waals surface area (Å²) >= 11 is 1.29. The molecule has 8 heteroatoms. The summed E-state index contributed by atoms with van der Waals surface area (Å²) in [5, 5.41) is 11.3. The van der Waals surface area contributed by atoms with Crippen molar-refractivity contribution in [1.82, 2.24) is 4.98 Å². The molecule has 170 valence electrons. The summed E-state index contributed by atoms with van der Waals surface area (Å²) in [7, 11) is 3.05. The first-order valence-electron chi connectivity index (χ1n) is 10.5. The molecule has 0 saturated heterocycles. The van der Waals surface area contributed by atoms with E-state index in [-0.39, 0.29) is 11.1 Å². The minimum absolute atomic E-state index is 0.0162. The number of methoxy groups -OCH3 is 2. The van der Waals surface area contributed by atoms with Gasteiger partial charge in [-0.2, -0.15) is 0 Å². The summed E-state index contributed by atoms with van der Waals surface area (Å²) in [6, 6.07) is 20.4. The van der Waals surface area contributed by atoms with Gasteiger partial charge >= 0.3 is 0 Å². The minimum Gasteiger partial charge on any atom is -0.503 e. The van der Waals surface area contributed by atoms with E-state index in [1.807, 2.05) is 36.4 Å². The normalized spacial score (nSPS) is 15.8. The van der Waals surface area contributed by atoms with Crippen molar-refractivity contribution in [2.45, 2.75) is 6.04 Å². The molecular formula is C26H20N2O5S. The Bertz CT molecular complexity index is 1440. The largest absolute Gasteiger partial charge is 0.503 e. The number of hydrogen-bond acceptors (Lipinski definition) is 7. The van der Waals surface area contributed by atoms with E-state index in [9.17, 15) is 14.7 Å². The monoisotopic (exact) mass is 472 g/mol. The van der Waals surface area contributed by atoms with Gasteiger partial charge in [-0.1, -0.05) is 53.8 Å². The van der Waals surface area contributed by atoms with Crippen LogP contribution in [0.25, 0.3) is 10.2 Å². The van der Waals surface area contributed by atoms with E-state index in [0.29, 0.717) is 27.7 Å². The average molecular weight is 473 g/mol. The first-order chi connectivity index (χ1) is 16.5. The highest BCUT2D eigenvalue weighted by Gasteiger charge is 2.46. The van der Waals surface area contributed by atoms with Gasteiger partial charge in [-0.15, -0.1) is 0 Å². The van der Waals surface area contributed by atoms with Crippen LogP contribution in [0.3, 0.4) is 0 Å². The molecule has 1 unspecified atom stereocenters. The number of amides is 1. The van der Waals surface area contributed by atoms with Gasteiger partial charge in [0.2, 0.25) is 0 Å². The Morgan fingerprint density at radius 2 is 1.74 bits per heavy atom. The molecule has 1 atom stereocenters. The Morgan fingerprint density at radius 3 is 2.47 bits per heavy atom. The van der Waals surface area contributed by atoms with Crippen LogP contribution in [0, 0.1) is 0 Å². The molecule has 0 bridgehead atoms. The van der Waals surface area contributed by atoms with Crippen LogP contribution in [-0.2, 0) is 4.79 Å². The number of ether oxygens (including phenoxy) is 2. The van der Waals surface area contributed by atoms with Crippen LogP contribution in [0.2, 0.25) is 0 Å². The molecule has 34 heavy (non-hydrogen) atoms. The van der Waals surface area contributed by atoms with Crippen molar-refractivity contribution in [2.24, 2.45) is 0 Å². The molecule has 1 N–H and O–H groups in total. The summed E-state index contributed by atoms with van der Waals surface area (Å²) in [5.41, 5.74) is 1.60. The number of thiazole rings is 1. The van der Waals surface area contributed by atoms with Gasteiger partial charge in [0.25, 0.3) is 5.91 Å². The van der Waals surface area contributed by atoms with Crippen LogP contribution < -0.4 is 14.4 Å². The average Bonchev–Trinajstić information content (AvgIpc) is 3.41. The van der Waals surface area contributed by atoms with E-state index < -0.39 is 23.5 Å². The van der Waals surface area contributed by atoms with E-state index >= 15 is 0 Å². The lowest BCUT2D eigenvalue weighted by Gasteiger charge is -2.24. The minimum atomic E-state index is -0.853. The number of carbonyl (C=O) groups excluding carboxylic acids is 2. The number of aliphatic hydroxyl groups is 1. The van der Waals surface area contributed by atoms with Crippen molar-refractivity contribution in [2.75, 3.05) is 19.1 Å². The molecule has 0 aliphatic carbocycles. The zero-order valence-electron chi connectivity index (χ0n) is 18.4. The standard InChI is InChI=1S/C26H20N2O5S/c1-32-16-12-13-18-20(14-16)34-26(27-18)28-22(15-8-4-3-5-9-15)21(24(30)25(28)31)23(29)17-10-6-7-11-19(17)33-2/h3-14,22,30H,1-2H3. The number of ketones is 1. The molecule has 0 fully saturated rings. The molecule has 1 aliphatic rings. The van der Waals surface area contributed by atoms with Crippen LogP contribution in [0.4, 0.5) is 5.13 Å². The smallest absolute Gasteiger partial charge is 0.296 e. The van der Waals surface area contributed by atoms with E-state index in [2.05, 4.69) is 4.98 Å². The fourth-order valence-corrected chi connectivity index (χ4v) is 5.11. The van der Waals surface area contributed by atoms with Crippen LogP contribution in [-0.4, -0.2) is 36.0 Å². The van der Waals surface area contributed by atoms with Gasteiger partial charge in [-0.25, -0.2) is 4.98 Å². The maximum Gasteiger partial charge on any atom is 0.296 e. The molecule has 4 aromatic rings. The van der Waals surface area contributed by atoms with Crippen LogP contribution in [0.1, 0.15) is 22.0 Å². The van der Waals surface area contributed by atoms with Crippen molar-refractivity contribution >= 4 is 38.4 Å². The van der Waals surface area contributed by atoms with Gasteiger partial charge < -0.3 is 14.6 Å². The molecule has 0 radical (unpaired) electrons. The highest BCUT2D eigenvalue weighted by atomic mass is 32.1. The summed E-state index contributed by atoms with van der Waals surface area (Å²) < 4.78 is 11.5. The van der Waals surface area contributed by atoms with E-state index in [1.54, 1.807) is 43.5 Å². The molecule has 2 heterocycles.